The zero-order chi connectivity index (χ0) is 12.3. The minimum Gasteiger partial charge on any atom is -0.482 e. The summed E-state index contributed by atoms with van der Waals surface area (Å²) in [5.41, 5.74) is 1.76. The quantitative estimate of drug-likeness (QED) is 0.842. The Morgan fingerprint density at radius 2 is 2.35 bits per heavy atom. The molecule has 0 aliphatic carbocycles. The molecule has 1 unspecified atom stereocenters. The molecule has 0 radical (unpaired) electrons. The minimum absolute atomic E-state index is 0.101. The Hall–Kier alpha value is -1.71. The molecule has 1 amide bonds. The molecule has 1 atom stereocenters. The highest BCUT2D eigenvalue weighted by molar-refractivity contribution is 5.96. The fraction of sp³-hybridized carbons (Fsp3) is 0.462. The number of nitrogens with one attached hydrogen (secondary N) is 2. The second kappa shape index (κ2) is 5.08. The summed E-state index contributed by atoms with van der Waals surface area (Å²) in [7, 11) is 0. The lowest BCUT2D eigenvalue weighted by Crippen LogP contribution is -2.25. The highest BCUT2D eigenvalue weighted by Crippen LogP contribution is 2.30. The third-order valence-corrected chi connectivity index (χ3v) is 2.75. The Balaban J connectivity index is 2.10. The number of ether oxygens (including phenoxy) is 1. The Kier molecular flexibility index (Phi) is 3.52. The predicted octanol–water partition coefficient (Wildman–Crippen LogP) is 2.62. The zero-order valence-electron chi connectivity index (χ0n) is 10.2. The van der Waals surface area contributed by atoms with Gasteiger partial charge in [0.2, 0.25) is 0 Å². The summed E-state index contributed by atoms with van der Waals surface area (Å²) in [4.78, 5) is 11.2. The molecule has 2 N–H and O–H groups in total. The molecule has 0 saturated carbocycles. The number of hydrogen-bond donors (Lipinski definition) is 2. The molecule has 1 aliphatic heterocycles. The van der Waals surface area contributed by atoms with Crippen LogP contribution in [0.4, 0.5) is 11.4 Å². The molecule has 0 bridgehead atoms. The van der Waals surface area contributed by atoms with Gasteiger partial charge in [-0.2, -0.15) is 0 Å². The first-order valence-electron chi connectivity index (χ1n) is 6.02. The van der Waals surface area contributed by atoms with E-state index in [1.807, 2.05) is 18.2 Å². The van der Waals surface area contributed by atoms with Gasteiger partial charge in [0, 0.05) is 11.7 Å². The van der Waals surface area contributed by atoms with E-state index in [4.69, 9.17) is 4.74 Å². The second-order valence-corrected chi connectivity index (χ2v) is 4.38. The molecule has 1 aliphatic rings. The van der Waals surface area contributed by atoms with E-state index in [0.717, 1.165) is 30.0 Å². The van der Waals surface area contributed by atoms with Crippen LogP contribution in [0.15, 0.2) is 18.2 Å². The fourth-order valence-electron chi connectivity index (χ4n) is 1.96. The molecule has 0 saturated heterocycles. The number of rotatable bonds is 4. The van der Waals surface area contributed by atoms with Crippen molar-refractivity contribution in [3.63, 3.8) is 0 Å². The molecule has 4 heteroatoms. The summed E-state index contributed by atoms with van der Waals surface area (Å²) in [6.07, 6.45) is 2.28. The van der Waals surface area contributed by atoms with Gasteiger partial charge < -0.3 is 15.4 Å². The topological polar surface area (TPSA) is 50.4 Å². The average Bonchev–Trinajstić information content (AvgIpc) is 2.28. The van der Waals surface area contributed by atoms with Crippen molar-refractivity contribution in [2.24, 2.45) is 0 Å². The van der Waals surface area contributed by atoms with Crippen LogP contribution in [-0.2, 0) is 4.79 Å². The van der Waals surface area contributed by atoms with Gasteiger partial charge in [-0.05, 0) is 31.5 Å². The Morgan fingerprint density at radius 3 is 3.12 bits per heavy atom. The molecule has 1 aromatic carbocycles. The van der Waals surface area contributed by atoms with E-state index in [1.54, 1.807) is 0 Å². The largest absolute Gasteiger partial charge is 0.482 e. The fourth-order valence-corrected chi connectivity index (χ4v) is 1.96. The lowest BCUT2D eigenvalue weighted by atomic mass is 10.1. The van der Waals surface area contributed by atoms with Gasteiger partial charge in [-0.1, -0.05) is 13.3 Å². The lowest BCUT2D eigenvalue weighted by Gasteiger charge is -2.20. The van der Waals surface area contributed by atoms with Gasteiger partial charge in [-0.15, -0.1) is 0 Å². The third kappa shape index (κ3) is 2.90. The summed E-state index contributed by atoms with van der Waals surface area (Å²) in [6.45, 7) is 4.42. The first kappa shape index (κ1) is 11.8. The minimum atomic E-state index is -0.101. The standard InChI is InChI=1S/C13H18N2O2/c1-3-4-9(2)14-10-5-6-12-11(7-10)15-13(16)8-17-12/h5-7,9,14H,3-4,8H2,1-2H3,(H,15,16). The maximum atomic E-state index is 11.2. The van der Waals surface area contributed by atoms with Gasteiger partial charge in [-0.25, -0.2) is 0 Å². The number of fused-ring (bicyclic) bond motifs is 1. The van der Waals surface area contributed by atoms with E-state index in [2.05, 4.69) is 24.5 Å². The molecular formula is C13H18N2O2. The molecular weight excluding hydrogens is 216 g/mol. The molecule has 0 fully saturated rings. The first-order chi connectivity index (χ1) is 8.19. The van der Waals surface area contributed by atoms with Gasteiger partial charge in [0.25, 0.3) is 5.91 Å². The predicted molar refractivity (Wildman–Crippen MR) is 68.6 cm³/mol. The van der Waals surface area contributed by atoms with Crippen molar-refractivity contribution in [2.75, 3.05) is 17.2 Å². The van der Waals surface area contributed by atoms with Crippen LogP contribution in [-0.4, -0.2) is 18.6 Å². The summed E-state index contributed by atoms with van der Waals surface area (Å²) >= 11 is 0. The van der Waals surface area contributed by atoms with Gasteiger partial charge in [0.15, 0.2) is 6.61 Å². The van der Waals surface area contributed by atoms with E-state index in [0.29, 0.717) is 6.04 Å². The summed E-state index contributed by atoms with van der Waals surface area (Å²) in [5.74, 6) is 0.634. The molecule has 2 rings (SSSR count). The van der Waals surface area contributed by atoms with E-state index in [1.165, 1.54) is 0 Å². The van der Waals surface area contributed by atoms with Crippen molar-refractivity contribution in [1.82, 2.24) is 0 Å². The van der Waals surface area contributed by atoms with Crippen molar-refractivity contribution in [3.8, 4) is 5.75 Å². The van der Waals surface area contributed by atoms with Crippen LogP contribution < -0.4 is 15.4 Å². The normalized spacial score (nSPS) is 15.5. The monoisotopic (exact) mass is 234 g/mol. The maximum Gasteiger partial charge on any atom is 0.262 e. The Labute approximate surface area is 101 Å². The van der Waals surface area contributed by atoms with E-state index in [-0.39, 0.29) is 12.5 Å². The van der Waals surface area contributed by atoms with E-state index >= 15 is 0 Å². The highest BCUT2D eigenvalue weighted by Gasteiger charge is 2.16. The van der Waals surface area contributed by atoms with Crippen molar-refractivity contribution in [1.29, 1.82) is 0 Å². The van der Waals surface area contributed by atoms with Crippen LogP contribution in [0.5, 0.6) is 5.75 Å². The van der Waals surface area contributed by atoms with Crippen molar-refractivity contribution in [3.05, 3.63) is 18.2 Å². The number of hydrogen-bond acceptors (Lipinski definition) is 3. The number of carbonyl (C=O) groups excluding carboxylic acids is 1. The van der Waals surface area contributed by atoms with E-state index < -0.39 is 0 Å². The summed E-state index contributed by atoms with van der Waals surface area (Å²) in [6, 6.07) is 6.20. The average molecular weight is 234 g/mol. The van der Waals surface area contributed by atoms with Crippen LogP contribution in [0.25, 0.3) is 0 Å². The number of anilines is 2. The van der Waals surface area contributed by atoms with Crippen molar-refractivity contribution < 1.29 is 9.53 Å². The van der Waals surface area contributed by atoms with Crippen LogP contribution in [0.2, 0.25) is 0 Å². The van der Waals surface area contributed by atoms with Crippen LogP contribution in [0.3, 0.4) is 0 Å². The third-order valence-electron chi connectivity index (χ3n) is 2.75. The molecule has 0 spiro atoms. The molecule has 1 heterocycles. The van der Waals surface area contributed by atoms with Crippen molar-refractivity contribution in [2.45, 2.75) is 32.7 Å². The van der Waals surface area contributed by atoms with Crippen LogP contribution >= 0.6 is 0 Å². The van der Waals surface area contributed by atoms with Gasteiger partial charge in [-0.3, -0.25) is 4.79 Å². The lowest BCUT2D eigenvalue weighted by molar-refractivity contribution is -0.118. The number of carbonyl (C=O) groups is 1. The maximum absolute atomic E-state index is 11.2. The zero-order valence-corrected chi connectivity index (χ0v) is 10.2. The van der Waals surface area contributed by atoms with Crippen LogP contribution in [0, 0.1) is 0 Å². The molecule has 4 nitrogen and oxygen atoms in total. The summed E-state index contributed by atoms with van der Waals surface area (Å²) < 4.78 is 5.30. The molecule has 92 valence electrons. The molecule has 1 aromatic rings. The highest BCUT2D eigenvalue weighted by atomic mass is 16.5. The molecule has 17 heavy (non-hydrogen) atoms. The Bertz CT molecular complexity index is 418. The smallest absolute Gasteiger partial charge is 0.262 e. The van der Waals surface area contributed by atoms with Gasteiger partial charge in [0.05, 0.1) is 5.69 Å². The Morgan fingerprint density at radius 1 is 1.53 bits per heavy atom. The van der Waals surface area contributed by atoms with E-state index in [9.17, 15) is 4.79 Å². The summed E-state index contributed by atoms with van der Waals surface area (Å²) in [5, 5.41) is 6.20. The SMILES string of the molecule is CCCC(C)Nc1ccc2c(c1)NC(=O)CO2. The van der Waals surface area contributed by atoms with Crippen molar-refractivity contribution >= 4 is 17.3 Å². The van der Waals surface area contributed by atoms with Gasteiger partial charge >= 0.3 is 0 Å². The molecule has 0 aromatic heterocycles. The number of benzene rings is 1. The second-order valence-electron chi connectivity index (χ2n) is 4.38. The number of amides is 1. The van der Waals surface area contributed by atoms with Crippen LogP contribution in [0.1, 0.15) is 26.7 Å². The first-order valence-corrected chi connectivity index (χ1v) is 6.02. The van der Waals surface area contributed by atoms with Gasteiger partial charge in [0.1, 0.15) is 5.75 Å².